The molecule has 138 valence electrons. The highest BCUT2D eigenvalue weighted by molar-refractivity contribution is 5.78. The number of allylic oxidation sites excluding steroid dienone is 1. The Kier molecular flexibility index (Phi) is 5.11. The van der Waals surface area contributed by atoms with Crippen LogP contribution in [0.4, 0.5) is 0 Å². The first-order valence-corrected chi connectivity index (χ1v) is 9.91. The van der Waals surface area contributed by atoms with Gasteiger partial charge in [-0.3, -0.25) is 9.63 Å². The van der Waals surface area contributed by atoms with E-state index in [2.05, 4.69) is 25.9 Å². The zero-order valence-corrected chi connectivity index (χ0v) is 15.8. The largest absolute Gasteiger partial charge is 0.277 e. The summed E-state index contributed by atoms with van der Waals surface area (Å²) in [5.74, 6) is 2.18. The number of hydrogen-bond acceptors (Lipinski definition) is 2. The van der Waals surface area contributed by atoms with Gasteiger partial charge in [-0.25, -0.2) is 5.48 Å². The summed E-state index contributed by atoms with van der Waals surface area (Å²) in [5.41, 5.74) is 3.34. The van der Waals surface area contributed by atoms with Gasteiger partial charge in [-0.1, -0.05) is 32.8 Å². The molecule has 0 aromatic carbocycles. The molecule has 3 heteroatoms. The first-order valence-electron chi connectivity index (χ1n) is 9.91. The van der Waals surface area contributed by atoms with Crippen LogP contribution < -0.4 is 5.48 Å². The topological polar surface area (TPSA) is 38.3 Å². The highest BCUT2D eigenvalue weighted by atomic mass is 16.6. The third-order valence-corrected chi connectivity index (χ3v) is 8.13. The number of hydrogen-bond donors (Lipinski definition) is 1. The van der Waals surface area contributed by atoms with Crippen LogP contribution in [-0.4, -0.2) is 13.0 Å². The number of carbonyl (C=O) groups excluding carboxylic acids is 1. The monoisotopic (exact) mass is 335 g/mol. The van der Waals surface area contributed by atoms with Crippen molar-refractivity contribution in [3.05, 3.63) is 12.7 Å². The molecule has 6 atom stereocenters. The summed E-state index contributed by atoms with van der Waals surface area (Å²) < 4.78 is 0. The Morgan fingerprint density at radius 3 is 2.71 bits per heavy atom. The molecule has 3 aliphatic carbocycles. The lowest BCUT2D eigenvalue weighted by Gasteiger charge is -2.63. The molecular formula is C21H37NO2. The summed E-state index contributed by atoms with van der Waals surface area (Å²) in [7, 11) is 1.53. The fraction of sp³-hybridized carbons (Fsp3) is 0.857. The molecule has 1 amide bonds. The predicted octanol–water partition coefficient (Wildman–Crippen LogP) is 5.13. The predicted molar refractivity (Wildman–Crippen MR) is 99.2 cm³/mol. The van der Waals surface area contributed by atoms with Gasteiger partial charge in [-0.05, 0) is 73.5 Å². The van der Waals surface area contributed by atoms with Crippen LogP contribution >= 0.6 is 0 Å². The Hall–Kier alpha value is -0.830. The van der Waals surface area contributed by atoms with Crippen LogP contribution in [0.3, 0.4) is 0 Å². The lowest BCUT2D eigenvalue weighted by molar-refractivity contribution is -0.163. The Labute approximate surface area is 149 Å². The number of hydroxylamine groups is 1. The van der Waals surface area contributed by atoms with E-state index in [4.69, 9.17) is 4.84 Å². The molecule has 3 nitrogen and oxygen atoms in total. The van der Waals surface area contributed by atoms with E-state index < -0.39 is 0 Å². The number of carbonyl (C=O) groups is 1. The molecule has 3 fully saturated rings. The molecule has 0 aliphatic heterocycles. The van der Waals surface area contributed by atoms with Crippen molar-refractivity contribution in [2.75, 3.05) is 7.11 Å². The standard InChI is InChI=1S/C21H35NO2.H2/c1-5-8-17-16(19(23)22-24-4)10-11-18-20(2)13-7-6-9-15(20)12-14-21(17,18)3;/h5,15-18H,1,6-14H2,2-4H3,(H,22,23);1H. The minimum atomic E-state index is 0. The molecule has 0 spiro atoms. The second kappa shape index (κ2) is 6.82. The maximum Gasteiger partial charge on any atom is 0.246 e. The Balaban J connectivity index is 0.00000225. The third-order valence-electron chi connectivity index (χ3n) is 8.13. The van der Waals surface area contributed by atoms with E-state index in [9.17, 15) is 4.79 Å². The first kappa shape index (κ1) is 18.0. The van der Waals surface area contributed by atoms with Crippen molar-refractivity contribution < 1.29 is 11.1 Å². The van der Waals surface area contributed by atoms with E-state index >= 15 is 0 Å². The number of fused-ring (bicyclic) bond motifs is 3. The maximum atomic E-state index is 12.6. The molecule has 3 aliphatic rings. The van der Waals surface area contributed by atoms with Gasteiger partial charge >= 0.3 is 0 Å². The first-order chi connectivity index (χ1) is 11.5. The molecular weight excluding hydrogens is 298 g/mol. The van der Waals surface area contributed by atoms with Gasteiger partial charge in [0.1, 0.15) is 0 Å². The Bertz CT molecular complexity index is 496. The van der Waals surface area contributed by atoms with Crippen LogP contribution in [0.25, 0.3) is 0 Å². The third kappa shape index (κ3) is 2.73. The van der Waals surface area contributed by atoms with Gasteiger partial charge in [0.2, 0.25) is 5.91 Å². The van der Waals surface area contributed by atoms with Crippen LogP contribution in [0.1, 0.15) is 73.1 Å². The van der Waals surface area contributed by atoms with Crippen LogP contribution in [0, 0.1) is 34.5 Å². The van der Waals surface area contributed by atoms with E-state index in [1.807, 2.05) is 6.08 Å². The Morgan fingerprint density at radius 2 is 2.00 bits per heavy atom. The zero-order chi connectivity index (χ0) is 17.4. The number of amides is 1. The van der Waals surface area contributed by atoms with Gasteiger partial charge in [0.05, 0.1) is 7.11 Å². The van der Waals surface area contributed by atoms with E-state index in [-0.39, 0.29) is 18.7 Å². The normalized spacial score (nSPS) is 45.0. The minimum absolute atomic E-state index is 0. The van der Waals surface area contributed by atoms with Crippen molar-refractivity contribution in [1.82, 2.24) is 5.48 Å². The van der Waals surface area contributed by atoms with Gasteiger partial charge < -0.3 is 0 Å². The van der Waals surface area contributed by atoms with Crippen molar-refractivity contribution in [3.63, 3.8) is 0 Å². The van der Waals surface area contributed by atoms with Crippen LogP contribution in [0.15, 0.2) is 12.7 Å². The zero-order valence-electron chi connectivity index (χ0n) is 15.8. The summed E-state index contributed by atoms with van der Waals surface area (Å²) in [6.07, 6.45) is 13.4. The summed E-state index contributed by atoms with van der Waals surface area (Å²) in [5, 5.41) is 0. The van der Waals surface area contributed by atoms with Gasteiger partial charge in [0, 0.05) is 7.34 Å². The summed E-state index contributed by atoms with van der Waals surface area (Å²) in [4.78, 5) is 17.5. The SMILES string of the molecule is C=CCC1C(C(=O)NOC)CCC2C3(C)CCCCC3CCC12C.[HH]. The highest BCUT2D eigenvalue weighted by Crippen LogP contribution is 2.66. The van der Waals surface area contributed by atoms with Crippen LogP contribution in [0.5, 0.6) is 0 Å². The average molecular weight is 336 g/mol. The molecule has 0 aromatic rings. The minimum Gasteiger partial charge on any atom is -0.277 e. The molecule has 0 saturated heterocycles. The molecule has 0 radical (unpaired) electrons. The number of rotatable bonds is 4. The van der Waals surface area contributed by atoms with Crippen LogP contribution in [0.2, 0.25) is 0 Å². The van der Waals surface area contributed by atoms with E-state index in [1.165, 1.54) is 52.1 Å². The van der Waals surface area contributed by atoms with Crippen LogP contribution in [-0.2, 0) is 9.63 Å². The summed E-state index contributed by atoms with van der Waals surface area (Å²) >= 11 is 0. The van der Waals surface area contributed by atoms with Crippen molar-refractivity contribution in [2.24, 2.45) is 34.5 Å². The molecule has 24 heavy (non-hydrogen) atoms. The lowest BCUT2D eigenvalue weighted by Crippen LogP contribution is -2.57. The van der Waals surface area contributed by atoms with E-state index in [0.29, 0.717) is 11.3 Å². The van der Waals surface area contributed by atoms with Crippen molar-refractivity contribution >= 4 is 5.91 Å². The van der Waals surface area contributed by atoms with Crippen molar-refractivity contribution in [2.45, 2.75) is 71.6 Å². The highest BCUT2D eigenvalue weighted by Gasteiger charge is 2.59. The molecule has 0 heterocycles. The smallest absolute Gasteiger partial charge is 0.246 e. The fourth-order valence-electron chi connectivity index (χ4n) is 6.99. The average Bonchev–Trinajstić information content (AvgIpc) is 2.55. The fourth-order valence-corrected chi connectivity index (χ4v) is 6.99. The summed E-state index contributed by atoms with van der Waals surface area (Å²) in [6, 6.07) is 0. The van der Waals surface area contributed by atoms with Gasteiger partial charge in [-0.15, -0.1) is 6.58 Å². The lowest BCUT2D eigenvalue weighted by atomic mass is 9.41. The quantitative estimate of drug-likeness (QED) is 0.571. The second-order valence-electron chi connectivity index (χ2n) is 9.03. The maximum absolute atomic E-state index is 12.6. The molecule has 6 unspecified atom stereocenters. The van der Waals surface area contributed by atoms with E-state index in [0.717, 1.165) is 24.7 Å². The van der Waals surface area contributed by atoms with Crippen molar-refractivity contribution in [3.8, 4) is 0 Å². The van der Waals surface area contributed by atoms with E-state index in [1.54, 1.807) is 0 Å². The van der Waals surface area contributed by atoms with Crippen molar-refractivity contribution in [1.29, 1.82) is 0 Å². The molecule has 0 aromatic heterocycles. The van der Waals surface area contributed by atoms with Gasteiger partial charge in [0.15, 0.2) is 0 Å². The van der Waals surface area contributed by atoms with Gasteiger partial charge in [-0.2, -0.15) is 0 Å². The number of nitrogens with one attached hydrogen (secondary N) is 1. The second-order valence-corrected chi connectivity index (χ2v) is 9.03. The summed E-state index contributed by atoms with van der Waals surface area (Å²) in [6.45, 7) is 9.05. The van der Waals surface area contributed by atoms with Gasteiger partial charge in [0.25, 0.3) is 0 Å². The molecule has 3 rings (SSSR count). The molecule has 0 bridgehead atoms. The Morgan fingerprint density at radius 1 is 1.21 bits per heavy atom. The molecule has 1 N–H and O–H groups in total. The molecule has 3 saturated carbocycles.